The van der Waals surface area contributed by atoms with Crippen molar-refractivity contribution in [2.24, 2.45) is 0 Å². The average Bonchev–Trinajstić information content (AvgIpc) is 3.84. The van der Waals surface area contributed by atoms with Crippen LogP contribution in [0.2, 0.25) is 0 Å². The first kappa shape index (κ1) is 29.2. The van der Waals surface area contributed by atoms with Gasteiger partial charge in [0.15, 0.2) is 11.5 Å². The summed E-state index contributed by atoms with van der Waals surface area (Å²) in [4.78, 5) is 15.1. The van der Waals surface area contributed by atoms with Crippen LogP contribution in [-0.4, -0.2) is 56.1 Å². The first-order valence-electron chi connectivity index (χ1n) is 13.6. The Morgan fingerprint density at radius 3 is 1.15 bits per heavy atom. The number of aromatic hydroxyl groups is 2. The Balaban J connectivity index is 1.61. The Morgan fingerprint density at radius 2 is 0.783 bits per heavy atom. The van der Waals surface area contributed by atoms with E-state index >= 15 is 0 Å². The molecule has 0 amide bonds. The largest absolute Gasteiger partial charge is 0.504 e. The van der Waals surface area contributed by atoms with Crippen molar-refractivity contribution in [3.05, 3.63) is 95.6 Å². The highest BCUT2D eigenvalue weighted by molar-refractivity contribution is 7.86. The van der Waals surface area contributed by atoms with Crippen LogP contribution >= 0.6 is 0 Å². The molecule has 2 aromatic carbocycles. The van der Waals surface area contributed by atoms with Crippen molar-refractivity contribution in [2.75, 3.05) is 0 Å². The SMILES string of the molecule is O=S(=O)(O)c1ccc(-c2c3nc(c(-c4ccc(S(=O)(=O)O)cc4)c4ccc([nH]4)c(O)c4nc(c(O)c5ccc2[nH]5)C=C4)C=C3)cc1. The number of aromatic amines is 2. The van der Waals surface area contributed by atoms with E-state index in [0.29, 0.717) is 55.7 Å². The van der Waals surface area contributed by atoms with Crippen molar-refractivity contribution in [1.82, 2.24) is 19.9 Å². The smallest absolute Gasteiger partial charge is 0.294 e. The maximum absolute atomic E-state index is 11.7. The number of hydrogen-bond donors (Lipinski definition) is 6. The molecule has 7 rings (SSSR count). The molecule has 230 valence electrons. The molecule has 6 N–H and O–H groups in total. The predicted molar refractivity (Wildman–Crippen MR) is 173 cm³/mol. The van der Waals surface area contributed by atoms with Crippen LogP contribution in [-0.2, 0) is 20.2 Å². The van der Waals surface area contributed by atoms with Crippen molar-refractivity contribution < 1.29 is 36.2 Å². The van der Waals surface area contributed by atoms with Crippen molar-refractivity contribution in [3.8, 4) is 33.8 Å². The fourth-order valence-corrected chi connectivity index (χ4v) is 6.33. The van der Waals surface area contributed by atoms with Crippen molar-refractivity contribution in [3.63, 3.8) is 0 Å². The molecule has 46 heavy (non-hydrogen) atoms. The Bertz CT molecular complexity index is 2360. The van der Waals surface area contributed by atoms with Gasteiger partial charge in [-0.05, 0) is 84.0 Å². The first-order valence-corrected chi connectivity index (χ1v) is 16.4. The Hall–Kier alpha value is -5.54. The number of nitrogens with zero attached hydrogens (tertiary/aromatic N) is 2. The molecular weight excluding hydrogens is 633 g/mol. The topological polar surface area (TPSA) is 207 Å². The van der Waals surface area contributed by atoms with Gasteiger partial charge in [0, 0.05) is 22.2 Å². The lowest BCUT2D eigenvalue weighted by Crippen LogP contribution is -1.97. The number of H-pyrrole nitrogens is 2. The van der Waals surface area contributed by atoms with E-state index in [1.54, 1.807) is 48.6 Å². The summed E-state index contributed by atoms with van der Waals surface area (Å²) in [5.41, 5.74) is 5.14. The molecule has 0 saturated carbocycles. The van der Waals surface area contributed by atoms with Crippen LogP contribution in [0.15, 0.2) is 82.6 Å². The predicted octanol–water partition coefficient (Wildman–Crippen LogP) is 5.89. The fourth-order valence-electron chi connectivity index (χ4n) is 5.37. The lowest BCUT2D eigenvalue weighted by Gasteiger charge is -2.06. The zero-order chi connectivity index (χ0) is 32.4. The highest BCUT2D eigenvalue weighted by atomic mass is 32.2. The van der Waals surface area contributed by atoms with Gasteiger partial charge in [0.05, 0.1) is 32.2 Å². The Labute approximate surface area is 261 Å². The molecule has 0 unspecified atom stereocenters. The molecule has 3 aromatic heterocycles. The van der Waals surface area contributed by atoms with Gasteiger partial charge in [-0.1, -0.05) is 24.3 Å². The molecule has 0 aliphatic carbocycles. The summed E-state index contributed by atoms with van der Waals surface area (Å²) in [5.74, 6) is -0.350. The summed E-state index contributed by atoms with van der Waals surface area (Å²) in [5, 5.41) is 22.1. The summed E-state index contributed by atoms with van der Waals surface area (Å²) in [6, 6.07) is 17.9. The van der Waals surface area contributed by atoms with E-state index in [4.69, 9.17) is 4.98 Å². The molecule has 0 radical (unpaired) electrons. The molecule has 14 heteroatoms. The van der Waals surface area contributed by atoms with Crippen LogP contribution in [0.25, 0.3) is 68.6 Å². The van der Waals surface area contributed by atoms with Crippen molar-refractivity contribution in [1.29, 1.82) is 0 Å². The van der Waals surface area contributed by atoms with Gasteiger partial charge < -0.3 is 20.2 Å². The lowest BCUT2D eigenvalue weighted by molar-refractivity contribution is 0.473. The third-order valence-electron chi connectivity index (χ3n) is 7.58. The Kier molecular flexibility index (Phi) is 6.68. The van der Waals surface area contributed by atoms with Crippen LogP contribution in [0.1, 0.15) is 22.8 Å². The minimum atomic E-state index is -4.44. The van der Waals surface area contributed by atoms with Crippen LogP contribution in [0, 0.1) is 0 Å². The van der Waals surface area contributed by atoms with Gasteiger partial charge in [-0.15, -0.1) is 0 Å². The van der Waals surface area contributed by atoms with Crippen molar-refractivity contribution in [2.45, 2.75) is 9.79 Å². The van der Waals surface area contributed by atoms with Gasteiger partial charge in [-0.2, -0.15) is 16.8 Å². The van der Waals surface area contributed by atoms with Gasteiger partial charge in [0.1, 0.15) is 11.4 Å². The highest BCUT2D eigenvalue weighted by Crippen LogP contribution is 2.37. The minimum absolute atomic E-state index is 0.175. The van der Waals surface area contributed by atoms with E-state index in [0.717, 1.165) is 0 Å². The maximum Gasteiger partial charge on any atom is 0.294 e. The summed E-state index contributed by atoms with van der Waals surface area (Å²) in [6.45, 7) is 0. The molecule has 5 aromatic rings. The summed E-state index contributed by atoms with van der Waals surface area (Å²) >= 11 is 0. The molecule has 0 saturated heterocycles. The number of rotatable bonds is 4. The van der Waals surface area contributed by atoms with Crippen LogP contribution in [0.3, 0.4) is 0 Å². The lowest BCUT2D eigenvalue weighted by atomic mass is 10.0. The number of hydrogen-bond acceptors (Lipinski definition) is 8. The van der Waals surface area contributed by atoms with Crippen LogP contribution < -0.4 is 0 Å². The van der Waals surface area contributed by atoms with Crippen molar-refractivity contribution >= 4 is 66.6 Å². The molecule has 0 fully saturated rings. The summed E-state index contributed by atoms with van der Waals surface area (Å²) < 4.78 is 65.9. The fraction of sp³-hybridized carbons (Fsp3) is 0. The first-order chi connectivity index (χ1) is 21.9. The second-order valence-electron chi connectivity index (χ2n) is 10.4. The molecule has 12 nitrogen and oxygen atoms in total. The molecule has 0 spiro atoms. The average molecular weight is 655 g/mol. The second-order valence-corrected chi connectivity index (χ2v) is 13.3. The summed E-state index contributed by atoms with van der Waals surface area (Å²) in [7, 11) is -8.88. The number of nitrogens with one attached hydrogen (secondary N) is 2. The van der Waals surface area contributed by atoms with Gasteiger partial charge in [0.25, 0.3) is 20.2 Å². The van der Waals surface area contributed by atoms with E-state index in [2.05, 4.69) is 15.0 Å². The van der Waals surface area contributed by atoms with Crippen LogP contribution in [0.5, 0.6) is 11.5 Å². The van der Waals surface area contributed by atoms with E-state index in [-0.39, 0.29) is 32.7 Å². The van der Waals surface area contributed by atoms with Gasteiger partial charge >= 0.3 is 0 Å². The molecule has 8 bridgehead atoms. The monoisotopic (exact) mass is 654 g/mol. The van der Waals surface area contributed by atoms with E-state index in [1.165, 1.54) is 48.5 Å². The van der Waals surface area contributed by atoms with Gasteiger partial charge in [0.2, 0.25) is 0 Å². The quantitative estimate of drug-likeness (QED) is 0.124. The third-order valence-corrected chi connectivity index (χ3v) is 9.32. The zero-order valence-electron chi connectivity index (χ0n) is 23.4. The maximum atomic E-state index is 11.7. The molecule has 2 aliphatic rings. The molecule has 5 heterocycles. The van der Waals surface area contributed by atoms with Crippen LogP contribution in [0.4, 0.5) is 0 Å². The van der Waals surface area contributed by atoms with E-state index < -0.39 is 20.2 Å². The number of fused-ring (bicyclic) bond motifs is 8. The van der Waals surface area contributed by atoms with E-state index in [1.807, 2.05) is 0 Å². The van der Waals surface area contributed by atoms with Gasteiger partial charge in [-0.3, -0.25) is 9.11 Å². The standard InChI is InChI=1S/C32H22N4O8S2/c37-31-25-13-11-23(34-25)29(17-1-5-19(6-2-17)45(39,40)41)21-9-10-22(33-21)30(18-3-7-20(8-4-18)46(42,43)44)24-12-14-26(35-24)32(38)28-16-15-27(31)36-28/h1-16,34-35,37-38H,(H,39,40,41)(H,42,43,44). The highest BCUT2D eigenvalue weighted by Gasteiger charge is 2.19. The number of aromatic nitrogens is 4. The molecule has 0 atom stereocenters. The molecular formula is C32H22N4O8S2. The van der Waals surface area contributed by atoms with E-state index in [9.17, 15) is 36.2 Å². The Morgan fingerprint density at radius 1 is 0.457 bits per heavy atom. The molecule has 2 aliphatic heterocycles. The second kappa shape index (κ2) is 10.5. The normalized spacial score (nSPS) is 12.9. The summed E-state index contributed by atoms with van der Waals surface area (Å²) in [6.07, 6.45) is 6.60. The van der Waals surface area contributed by atoms with Gasteiger partial charge in [-0.25, -0.2) is 9.97 Å². The zero-order valence-corrected chi connectivity index (χ0v) is 25.0. The third kappa shape index (κ3) is 5.14. The minimum Gasteiger partial charge on any atom is -0.504 e. The number of benzene rings is 2.